The molecule has 1 aromatic rings. The van der Waals surface area contributed by atoms with E-state index in [0.717, 1.165) is 22.2 Å². The Hall–Kier alpha value is -0.540. The normalized spacial score (nSPS) is 10.3. The van der Waals surface area contributed by atoms with Crippen molar-refractivity contribution in [3.8, 4) is 5.75 Å². The Labute approximate surface area is 99.4 Å². The third-order valence-corrected chi connectivity index (χ3v) is 2.84. The molecule has 0 atom stereocenters. The summed E-state index contributed by atoms with van der Waals surface area (Å²) in [5.74, 6) is 0.774. The number of aliphatic hydroxyl groups excluding tert-OH is 1. The molecule has 1 rings (SSSR count). The van der Waals surface area contributed by atoms with Gasteiger partial charge in [0.05, 0.1) is 17.7 Å². The molecule has 15 heavy (non-hydrogen) atoms. The Bertz CT molecular complexity index is 300. The van der Waals surface area contributed by atoms with Crippen LogP contribution in [0.4, 0.5) is 0 Å². The van der Waals surface area contributed by atoms with Crippen LogP contribution in [-0.2, 0) is 6.61 Å². The summed E-state index contributed by atoms with van der Waals surface area (Å²) in [6, 6.07) is 5.70. The van der Waals surface area contributed by atoms with Crippen molar-refractivity contribution in [3.05, 3.63) is 28.2 Å². The van der Waals surface area contributed by atoms with E-state index in [2.05, 4.69) is 22.9 Å². The van der Waals surface area contributed by atoms with Crippen LogP contribution < -0.4 is 4.74 Å². The zero-order chi connectivity index (χ0) is 11.1. The summed E-state index contributed by atoms with van der Waals surface area (Å²) in [5, 5.41) is 9.14. The van der Waals surface area contributed by atoms with E-state index < -0.39 is 0 Å². The van der Waals surface area contributed by atoms with Gasteiger partial charge in [-0.15, -0.1) is 0 Å². The van der Waals surface area contributed by atoms with Crippen molar-refractivity contribution in [2.45, 2.75) is 32.8 Å². The first-order valence-corrected chi connectivity index (χ1v) is 6.10. The van der Waals surface area contributed by atoms with Crippen LogP contribution in [0.25, 0.3) is 0 Å². The molecule has 1 aromatic carbocycles. The van der Waals surface area contributed by atoms with Gasteiger partial charge in [-0.2, -0.15) is 0 Å². The van der Waals surface area contributed by atoms with Crippen molar-refractivity contribution in [1.29, 1.82) is 0 Å². The zero-order valence-corrected chi connectivity index (χ0v) is 10.6. The largest absolute Gasteiger partial charge is 0.492 e. The molecule has 0 fully saturated rings. The average Bonchev–Trinajstić information content (AvgIpc) is 2.26. The fourth-order valence-corrected chi connectivity index (χ4v) is 1.89. The molecule has 0 aliphatic rings. The van der Waals surface area contributed by atoms with Crippen LogP contribution in [0.2, 0.25) is 0 Å². The summed E-state index contributed by atoms with van der Waals surface area (Å²) in [7, 11) is 0. The molecule has 0 radical (unpaired) electrons. The first-order valence-electron chi connectivity index (χ1n) is 5.30. The molecule has 3 heteroatoms. The van der Waals surface area contributed by atoms with E-state index in [4.69, 9.17) is 9.84 Å². The number of ether oxygens (including phenoxy) is 1. The zero-order valence-electron chi connectivity index (χ0n) is 9.00. The van der Waals surface area contributed by atoms with Crippen molar-refractivity contribution in [3.63, 3.8) is 0 Å². The van der Waals surface area contributed by atoms with Crippen LogP contribution in [0.3, 0.4) is 0 Å². The Morgan fingerprint density at radius 3 is 2.80 bits per heavy atom. The topological polar surface area (TPSA) is 29.5 Å². The lowest BCUT2D eigenvalue weighted by atomic mass is 10.2. The van der Waals surface area contributed by atoms with Crippen molar-refractivity contribution in [2.75, 3.05) is 6.61 Å². The quantitative estimate of drug-likeness (QED) is 0.804. The van der Waals surface area contributed by atoms with E-state index >= 15 is 0 Å². The van der Waals surface area contributed by atoms with Crippen LogP contribution in [0.15, 0.2) is 22.7 Å². The minimum atomic E-state index is 0.0164. The third-order valence-electron chi connectivity index (χ3n) is 2.21. The predicted octanol–water partition coefficient (Wildman–Crippen LogP) is 3.51. The van der Waals surface area contributed by atoms with Gasteiger partial charge in [0.15, 0.2) is 0 Å². The summed E-state index contributed by atoms with van der Waals surface area (Å²) >= 11 is 3.42. The maximum Gasteiger partial charge on any atom is 0.138 e. The SMILES string of the molecule is CCCCCOc1c(Br)cccc1CO. The number of unbranched alkanes of at least 4 members (excludes halogenated alkanes) is 2. The highest BCUT2D eigenvalue weighted by molar-refractivity contribution is 9.10. The maximum absolute atomic E-state index is 9.14. The molecule has 0 unspecified atom stereocenters. The van der Waals surface area contributed by atoms with E-state index in [1.165, 1.54) is 12.8 Å². The summed E-state index contributed by atoms with van der Waals surface area (Å²) in [5.41, 5.74) is 0.834. The van der Waals surface area contributed by atoms with Gasteiger partial charge in [0.1, 0.15) is 5.75 Å². The fraction of sp³-hybridized carbons (Fsp3) is 0.500. The number of rotatable bonds is 6. The van der Waals surface area contributed by atoms with Crippen LogP contribution in [-0.4, -0.2) is 11.7 Å². The van der Waals surface area contributed by atoms with E-state index in [-0.39, 0.29) is 6.61 Å². The first-order chi connectivity index (χ1) is 7.29. The number of hydrogen-bond acceptors (Lipinski definition) is 2. The molecular weight excluding hydrogens is 256 g/mol. The van der Waals surface area contributed by atoms with Gasteiger partial charge in [-0.05, 0) is 28.4 Å². The Morgan fingerprint density at radius 2 is 2.13 bits per heavy atom. The van der Waals surface area contributed by atoms with Crippen molar-refractivity contribution in [1.82, 2.24) is 0 Å². The molecule has 0 amide bonds. The Kier molecular flexibility index (Phi) is 5.73. The van der Waals surface area contributed by atoms with Crippen LogP contribution >= 0.6 is 15.9 Å². The van der Waals surface area contributed by atoms with E-state index in [9.17, 15) is 0 Å². The molecule has 1 N–H and O–H groups in total. The molecule has 0 aliphatic carbocycles. The van der Waals surface area contributed by atoms with Gasteiger partial charge in [-0.1, -0.05) is 31.9 Å². The highest BCUT2D eigenvalue weighted by Gasteiger charge is 2.06. The van der Waals surface area contributed by atoms with Gasteiger partial charge in [0.2, 0.25) is 0 Å². The molecule has 0 aliphatic heterocycles. The van der Waals surface area contributed by atoms with E-state index in [0.29, 0.717) is 6.61 Å². The lowest BCUT2D eigenvalue weighted by Gasteiger charge is -2.11. The molecule has 2 nitrogen and oxygen atoms in total. The fourth-order valence-electron chi connectivity index (χ4n) is 1.37. The summed E-state index contributed by atoms with van der Waals surface area (Å²) in [6.45, 7) is 2.89. The van der Waals surface area contributed by atoms with Crippen LogP contribution in [0, 0.1) is 0 Å². The van der Waals surface area contributed by atoms with Gasteiger partial charge >= 0.3 is 0 Å². The second-order valence-corrected chi connectivity index (χ2v) is 4.30. The molecule has 0 spiro atoms. The van der Waals surface area contributed by atoms with Gasteiger partial charge in [0, 0.05) is 5.56 Å². The maximum atomic E-state index is 9.14. The Balaban J connectivity index is 2.58. The highest BCUT2D eigenvalue weighted by atomic mass is 79.9. The number of halogens is 1. The molecular formula is C12H17BrO2. The molecule has 0 saturated heterocycles. The third kappa shape index (κ3) is 3.84. The summed E-state index contributed by atoms with van der Waals surface area (Å²) in [4.78, 5) is 0. The molecule has 0 aromatic heterocycles. The minimum Gasteiger partial charge on any atom is -0.492 e. The van der Waals surface area contributed by atoms with E-state index in [1.807, 2.05) is 18.2 Å². The second kappa shape index (κ2) is 6.85. The predicted molar refractivity (Wildman–Crippen MR) is 65.1 cm³/mol. The van der Waals surface area contributed by atoms with Crippen LogP contribution in [0.5, 0.6) is 5.75 Å². The highest BCUT2D eigenvalue weighted by Crippen LogP contribution is 2.29. The second-order valence-electron chi connectivity index (χ2n) is 3.44. The van der Waals surface area contributed by atoms with Gasteiger partial charge in [0.25, 0.3) is 0 Å². The lowest BCUT2D eigenvalue weighted by molar-refractivity contribution is 0.259. The first kappa shape index (κ1) is 12.5. The minimum absolute atomic E-state index is 0.0164. The standard InChI is InChI=1S/C12H17BrO2/c1-2-3-4-8-15-12-10(9-14)6-5-7-11(12)13/h5-7,14H,2-4,8-9H2,1H3. The van der Waals surface area contributed by atoms with Gasteiger partial charge in [-0.25, -0.2) is 0 Å². The smallest absolute Gasteiger partial charge is 0.138 e. The lowest BCUT2D eigenvalue weighted by Crippen LogP contribution is -2.01. The number of hydrogen-bond donors (Lipinski definition) is 1. The van der Waals surface area contributed by atoms with Gasteiger partial charge in [-0.3, -0.25) is 0 Å². The monoisotopic (exact) mass is 272 g/mol. The van der Waals surface area contributed by atoms with Crippen LogP contribution in [0.1, 0.15) is 31.7 Å². The van der Waals surface area contributed by atoms with Crippen molar-refractivity contribution < 1.29 is 9.84 Å². The number of aliphatic hydroxyl groups is 1. The molecule has 0 heterocycles. The number of para-hydroxylation sites is 1. The van der Waals surface area contributed by atoms with E-state index in [1.54, 1.807) is 0 Å². The number of benzene rings is 1. The van der Waals surface area contributed by atoms with Crippen molar-refractivity contribution >= 4 is 15.9 Å². The summed E-state index contributed by atoms with van der Waals surface area (Å²) in [6.07, 6.45) is 3.42. The average molecular weight is 273 g/mol. The Morgan fingerprint density at radius 1 is 1.33 bits per heavy atom. The molecule has 84 valence electrons. The molecule has 0 bridgehead atoms. The van der Waals surface area contributed by atoms with Crippen molar-refractivity contribution in [2.24, 2.45) is 0 Å². The molecule has 0 saturated carbocycles. The van der Waals surface area contributed by atoms with Gasteiger partial charge < -0.3 is 9.84 Å². The summed E-state index contributed by atoms with van der Waals surface area (Å²) < 4.78 is 6.56.